The maximum absolute atomic E-state index is 9.50. The van der Waals surface area contributed by atoms with Crippen LogP contribution in [0.15, 0.2) is 45.2 Å². The van der Waals surface area contributed by atoms with Crippen LogP contribution >= 0.6 is 0 Å². The maximum Gasteiger partial charge on any atom is 0.266 e. The van der Waals surface area contributed by atoms with E-state index < -0.39 is 0 Å². The molecule has 4 rings (SSSR count). The number of furan rings is 1. The minimum absolute atomic E-state index is 0.0489. The van der Waals surface area contributed by atoms with Gasteiger partial charge in [0.2, 0.25) is 11.6 Å². The van der Waals surface area contributed by atoms with Crippen LogP contribution in [0.25, 0.3) is 11.7 Å². The van der Waals surface area contributed by atoms with Crippen LogP contribution in [0.5, 0.6) is 5.75 Å². The molecule has 0 bridgehead atoms. The maximum atomic E-state index is 9.50. The Labute approximate surface area is 169 Å². The van der Waals surface area contributed by atoms with Gasteiger partial charge in [-0.15, -0.1) is 0 Å². The normalized spacial score (nSPS) is 19.2. The van der Waals surface area contributed by atoms with Gasteiger partial charge in [0.15, 0.2) is 5.76 Å². The fourth-order valence-electron chi connectivity index (χ4n) is 3.48. The van der Waals surface area contributed by atoms with E-state index >= 15 is 0 Å². The number of nitrogens with zero attached hydrogens (tertiary/aromatic N) is 3. The van der Waals surface area contributed by atoms with Gasteiger partial charge in [-0.2, -0.15) is 10.2 Å². The molecule has 0 amide bonds. The van der Waals surface area contributed by atoms with E-state index in [9.17, 15) is 5.26 Å². The molecule has 1 aliphatic rings. The topological polar surface area (TPSA) is 84.7 Å². The van der Waals surface area contributed by atoms with Gasteiger partial charge in [-0.05, 0) is 50.6 Å². The highest BCUT2D eigenvalue weighted by atomic mass is 16.5. The van der Waals surface area contributed by atoms with E-state index in [0.29, 0.717) is 37.1 Å². The molecule has 1 aliphatic heterocycles. The van der Waals surface area contributed by atoms with Gasteiger partial charge in [0.05, 0.1) is 12.2 Å². The highest BCUT2D eigenvalue weighted by molar-refractivity contribution is 5.56. The van der Waals surface area contributed by atoms with Crippen molar-refractivity contribution in [2.45, 2.75) is 39.6 Å². The Morgan fingerprint density at radius 3 is 2.69 bits per heavy atom. The number of ether oxygens (including phenoxy) is 2. The van der Waals surface area contributed by atoms with E-state index in [4.69, 9.17) is 18.3 Å². The Morgan fingerprint density at radius 1 is 1.17 bits per heavy atom. The Balaban J connectivity index is 1.50. The highest BCUT2D eigenvalue weighted by Gasteiger charge is 2.28. The summed E-state index contributed by atoms with van der Waals surface area (Å²) >= 11 is 0. The van der Waals surface area contributed by atoms with Crippen molar-refractivity contribution in [3.05, 3.63) is 53.4 Å². The number of hydrogen-bond donors (Lipinski definition) is 0. The van der Waals surface area contributed by atoms with E-state index in [1.807, 2.05) is 56.0 Å². The molecule has 1 aromatic carbocycles. The van der Waals surface area contributed by atoms with E-state index in [2.05, 4.69) is 11.1 Å². The summed E-state index contributed by atoms with van der Waals surface area (Å²) in [6, 6.07) is 13.5. The van der Waals surface area contributed by atoms with Crippen molar-refractivity contribution >= 4 is 5.88 Å². The number of aromatic nitrogens is 1. The van der Waals surface area contributed by atoms with E-state index in [0.717, 1.165) is 11.3 Å². The number of morpholine rings is 1. The van der Waals surface area contributed by atoms with Crippen LogP contribution in [0.2, 0.25) is 0 Å². The second-order valence-corrected chi connectivity index (χ2v) is 7.32. The third kappa shape index (κ3) is 4.28. The Hall–Kier alpha value is -3.24. The van der Waals surface area contributed by atoms with Crippen LogP contribution in [0.3, 0.4) is 0 Å². The Bertz CT molecular complexity index is 1020. The molecule has 7 nitrogen and oxygen atoms in total. The summed E-state index contributed by atoms with van der Waals surface area (Å²) in [5.41, 5.74) is 1.38. The van der Waals surface area contributed by atoms with Gasteiger partial charge in [0.25, 0.3) is 5.89 Å². The molecule has 3 heterocycles. The number of aryl methyl sites for hydroxylation is 1. The van der Waals surface area contributed by atoms with Gasteiger partial charge in [-0.3, -0.25) is 0 Å². The van der Waals surface area contributed by atoms with Gasteiger partial charge in [-0.25, -0.2) is 0 Å². The van der Waals surface area contributed by atoms with Crippen molar-refractivity contribution in [2.75, 3.05) is 18.0 Å². The second-order valence-electron chi connectivity index (χ2n) is 7.32. The first-order chi connectivity index (χ1) is 14.0. The van der Waals surface area contributed by atoms with Crippen LogP contribution in [-0.4, -0.2) is 30.3 Å². The SMILES string of the molecule is Cc1cccc(OCc2ccc(-c3nc(C#N)c(N4C[C@@H](C)O[C@@H](C)C4)o3)o2)c1. The van der Waals surface area contributed by atoms with Gasteiger partial charge in [0.1, 0.15) is 24.2 Å². The summed E-state index contributed by atoms with van der Waals surface area (Å²) in [6.45, 7) is 7.59. The summed E-state index contributed by atoms with van der Waals surface area (Å²) in [7, 11) is 0. The third-order valence-corrected chi connectivity index (χ3v) is 4.67. The minimum atomic E-state index is 0.0489. The van der Waals surface area contributed by atoms with Gasteiger partial charge in [0, 0.05) is 13.1 Å². The van der Waals surface area contributed by atoms with Gasteiger partial charge >= 0.3 is 0 Å². The average molecular weight is 393 g/mol. The molecule has 7 heteroatoms. The quantitative estimate of drug-likeness (QED) is 0.638. The molecule has 1 fully saturated rings. The first-order valence-corrected chi connectivity index (χ1v) is 9.61. The lowest BCUT2D eigenvalue weighted by Gasteiger charge is -2.34. The smallest absolute Gasteiger partial charge is 0.266 e. The van der Waals surface area contributed by atoms with Gasteiger partial charge in [-0.1, -0.05) is 12.1 Å². The van der Waals surface area contributed by atoms with Crippen molar-refractivity contribution in [1.82, 2.24) is 4.98 Å². The Morgan fingerprint density at radius 2 is 1.97 bits per heavy atom. The number of benzene rings is 1. The summed E-state index contributed by atoms with van der Waals surface area (Å²) < 4.78 is 23.3. The number of anilines is 1. The predicted molar refractivity (Wildman–Crippen MR) is 107 cm³/mol. The van der Waals surface area contributed by atoms with Crippen LogP contribution in [-0.2, 0) is 11.3 Å². The van der Waals surface area contributed by atoms with Gasteiger partial charge < -0.3 is 23.2 Å². The fourth-order valence-corrected chi connectivity index (χ4v) is 3.48. The fraction of sp³-hybridized carbons (Fsp3) is 0.364. The van der Waals surface area contributed by atoms with Crippen molar-refractivity contribution in [2.24, 2.45) is 0 Å². The second kappa shape index (κ2) is 8.02. The lowest BCUT2D eigenvalue weighted by atomic mass is 10.2. The van der Waals surface area contributed by atoms with E-state index in [1.54, 1.807) is 6.07 Å². The first kappa shape index (κ1) is 19.1. The Kier molecular flexibility index (Phi) is 5.28. The van der Waals surface area contributed by atoms with Crippen molar-refractivity contribution in [1.29, 1.82) is 5.26 Å². The van der Waals surface area contributed by atoms with Crippen molar-refractivity contribution in [3.8, 4) is 23.5 Å². The zero-order chi connectivity index (χ0) is 20.4. The molecule has 0 aliphatic carbocycles. The molecule has 0 saturated carbocycles. The zero-order valence-electron chi connectivity index (χ0n) is 16.7. The zero-order valence-corrected chi connectivity index (χ0v) is 16.7. The van der Waals surface area contributed by atoms with Crippen molar-refractivity contribution in [3.63, 3.8) is 0 Å². The third-order valence-electron chi connectivity index (χ3n) is 4.67. The lowest BCUT2D eigenvalue weighted by molar-refractivity contribution is -0.00639. The average Bonchev–Trinajstić information content (AvgIpc) is 3.32. The van der Waals surface area contributed by atoms with E-state index in [-0.39, 0.29) is 23.8 Å². The molecular weight excluding hydrogens is 370 g/mol. The standard InChI is InChI=1S/C22H23N3O4/c1-14-5-4-6-17(9-14)26-13-18-7-8-20(28-18)21-24-19(10-23)22(29-21)25-11-15(2)27-16(3)12-25/h4-9,15-16H,11-13H2,1-3H3/t15-,16+. The molecular formula is C22H23N3O4. The van der Waals surface area contributed by atoms with Crippen LogP contribution in [0.4, 0.5) is 5.88 Å². The number of oxazole rings is 1. The minimum Gasteiger partial charge on any atom is -0.486 e. The monoisotopic (exact) mass is 393 g/mol. The number of nitriles is 1. The molecule has 2 aromatic heterocycles. The number of rotatable bonds is 5. The first-order valence-electron chi connectivity index (χ1n) is 9.61. The summed E-state index contributed by atoms with van der Waals surface area (Å²) in [5.74, 6) is 2.63. The highest BCUT2D eigenvalue weighted by Crippen LogP contribution is 2.31. The molecule has 0 spiro atoms. The molecule has 3 aromatic rings. The largest absolute Gasteiger partial charge is 0.486 e. The molecule has 1 saturated heterocycles. The van der Waals surface area contributed by atoms with Crippen LogP contribution in [0, 0.1) is 18.3 Å². The van der Waals surface area contributed by atoms with Crippen molar-refractivity contribution < 1.29 is 18.3 Å². The molecule has 0 N–H and O–H groups in total. The lowest BCUT2D eigenvalue weighted by Crippen LogP contribution is -2.45. The molecule has 0 radical (unpaired) electrons. The van der Waals surface area contributed by atoms with Crippen LogP contribution in [0.1, 0.15) is 30.9 Å². The van der Waals surface area contributed by atoms with E-state index in [1.165, 1.54) is 0 Å². The molecule has 2 atom stereocenters. The summed E-state index contributed by atoms with van der Waals surface area (Å²) in [6.07, 6.45) is 0.0978. The number of hydrogen-bond acceptors (Lipinski definition) is 7. The predicted octanol–water partition coefficient (Wildman–Crippen LogP) is 4.31. The summed E-state index contributed by atoms with van der Waals surface area (Å²) in [4.78, 5) is 6.32. The van der Waals surface area contributed by atoms with Crippen LogP contribution < -0.4 is 9.64 Å². The molecule has 29 heavy (non-hydrogen) atoms. The molecule has 0 unspecified atom stereocenters. The molecule has 150 valence electrons. The summed E-state index contributed by atoms with van der Waals surface area (Å²) in [5, 5.41) is 9.50.